The number of ketones is 3. The number of esters is 1. The van der Waals surface area contributed by atoms with Gasteiger partial charge in [-0.1, -0.05) is 18.2 Å². The lowest BCUT2D eigenvalue weighted by molar-refractivity contribution is -0.168. The molecular weight excluding hydrogens is 394 g/mol. The normalized spacial score (nSPS) is 33.9. The van der Waals surface area contributed by atoms with Gasteiger partial charge in [-0.05, 0) is 33.8 Å². The number of hydrogen-bond donors (Lipinski definition) is 2. The molecule has 0 aromatic carbocycles. The van der Waals surface area contributed by atoms with E-state index in [2.05, 4.69) is 5.32 Å². The fourth-order valence-corrected chi connectivity index (χ4v) is 4.13. The van der Waals surface area contributed by atoms with Crippen molar-refractivity contribution in [2.75, 3.05) is 0 Å². The zero-order chi connectivity index (χ0) is 22.9. The summed E-state index contributed by atoms with van der Waals surface area (Å²) in [6.45, 7) is 5.66. The lowest BCUT2D eigenvalue weighted by Crippen LogP contribution is -2.65. The highest BCUT2D eigenvalue weighted by molar-refractivity contribution is 6.20. The third kappa shape index (κ3) is 3.74. The van der Waals surface area contributed by atoms with E-state index in [0.29, 0.717) is 12.2 Å². The van der Waals surface area contributed by atoms with Crippen LogP contribution in [0.2, 0.25) is 0 Å². The molecule has 9 nitrogen and oxygen atoms in total. The molecule has 5 atom stereocenters. The molecule has 0 aromatic heterocycles. The van der Waals surface area contributed by atoms with Gasteiger partial charge in [0.05, 0.1) is 17.8 Å². The first-order valence-corrected chi connectivity index (χ1v) is 9.28. The van der Waals surface area contributed by atoms with Crippen molar-refractivity contribution in [2.24, 2.45) is 17.8 Å². The molecule has 2 aliphatic rings. The van der Waals surface area contributed by atoms with Crippen LogP contribution in [0.1, 0.15) is 27.7 Å². The predicted molar refractivity (Wildman–Crippen MR) is 103 cm³/mol. The quantitative estimate of drug-likeness (QED) is 0.276. The first-order valence-electron chi connectivity index (χ1n) is 9.28. The van der Waals surface area contributed by atoms with Crippen LogP contribution >= 0.6 is 0 Å². The topological polar surface area (TPSA) is 144 Å². The first-order chi connectivity index (χ1) is 13.9. The van der Waals surface area contributed by atoms with Gasteiger partial charge in [0, 0.05) is 12.2 Å². The van der Waals surface area contributed by atoms with Gasteiger partial charge in [0.25, 0.3) is 0 Å². The maximum atomic E-state index is 12.9. The number of carbonyl (C=O) groups excluding carboxylic acids is 5. The molecule has 1 aliphatic heterocycles. The van der Waals surface area contributed by atoms with Crippen LogP contribution in [0.15, 0.2) is 36.5 Å². The molecule has 2 N–H and O–H groups in total. The third-order valence-electron chi connectivity index (χ3n) is 5.52. The van der Waals surface area contributed by atoms with Crippen LogP contribution in [0, 0.1) is 17.8 Å². The van der Waals surface area contributed by atoms with Crippen LogP contribution in [-0.4, -0.2) is 51.4 Å². The van der Waals surface area contributed by atoms with Crippen LogP contribution < -0.4 is 5.32 Å². The fourth-order valence-electron chi connectivity index (χ4n) is 4.13. The van der Waals surface area contributed by atoms with Crippen molar-refractivity contribution in [3.05, 3.63) is 36.5 Å². The number of carboxylic acids is 1. The second-order valence-corrected chi connectivity index (χ2v) is 7.59. The van der Waals surface area contributed by atoms with Crippen molar-refractivity contribution in [1.29, 1.82) is 0 Å². The van der Waals surface area contributed by atoms with Crippen molar-refractivity contribution in [3.63, 3.8) is 0 Å². The zero-order valence-corrected chi connectivity index (χ0v) is 17.0. The predicted octanol–water partition coefficient (Wildman–Crippen LogP) is 0.539. The fraction of sp³-hybridized carbons (Fsp3) is 0.429. The largest absolute Gasteiger partial charge is 0.478 e. The minimum Gasteiger partial charge on any atom is -0.478 e. The lowest BCUT2D eigenvalue weighted by atomic mass is 9.58. The van der Waals surface area contributed by atoms with Crippen LogP contribution in [0.3, 0.4) is 0 Å². The van der Waals surface area contributed by atoms with Crippen molar-refractivity contribution in [1.82, 2.24) is 5.32 Å². The van der Waals surface area contributed by atoms with Crippen LogP contribution in [0.5, 0.6) is 0 Å². The summed E-state index contributed by atoms with van der Waals surface area (Å²) in [7, 11) is 0. The molecule has 1 saturated carbocycles. The molecule has 2 rings (SSSR count). The van der Waals surface area contributed by atoms with E-state index >= 15 is 0 Å². The second-order valence-electron chi connectivity index (χ2n) is 7.59. The van der Waals surface area contributed by atoms with E-state index in [4.69, 9.17) is 9.84 Å². The smallest absolute Gasteiger partial charge is 0.333 e. The number of aliphatic carboxylic acids is 1. The molecule has 5 unspecified atom stereocenters. The number of Topliss-reactive ketones (excluding diaryl/α,β-unsaturated/α-hetero) is 2. The molecule has 0 radical (unpaired) electrons. The maximum absolute atomic E-state index is 12.9. The average molecular weight is 417 g/mol. The van der Waals surface area contributed by atoms with E-state index in [-0.39, 0.29) is 0 Å². The lowest BCUT2D eigenvalue weighted by Gasteiger charge is -2.43. The Morgan fingerprint density at radius 1 is 1.07 bits per heavy atom. The number of ether oxygens (including phenoxy) is 1. The van der Waals surface area contributed by atoms with Crippen molar-refractivity contribution in [2.45, 2.75) is 38.8 Å². The van der Waals surface area contributed by atoms with Gasteiger partial charge >= 0.3 is 11.9 Å². The average Bonchev–Trinajstić information content (AvgIpc) is 2.86. The molecule has 1 saturated heterocycles. The second kappa shape index (κ2) is 8.17. The van der Waals surface area contributed by atoms with Gasteiger partial charge in [-0.15, -0.1) is 0 Å². The van der Waals surface area contributed by atoms with Crippen molar-refractivity contribution < 1.29 is 38.6 Å². The van der Waals surface area contributed by atoms with Gasteiger partial charge in [0.2, 0.25) is 5.91 Å². The Morgan fingerprint density at radius 3 is 2.27 bits per heavy atom. The summed E-state index contributed by atoms with van der Waals surface area (Å²) in [6.07, 6.45) is 7.10. The molecule has 30 heavy (non-hydrogen) atoms. The summed E-state index contributed by atoms with van der Waals surface area (Å²) in [5.41, 5.74) is -3.72. The molecule has 1 heterocycles. The Balaban J connectivity index is 2.57. The van der Waals surface area contributed by atoms with E-state index < -0.39 is 64.1 Å². The summed E-state index contributed by atoms with van der Waals surface area (Å²) >= 11 is 0. The van der Waals surface area contributed by atoms with E-state index in [9.17, 15) is 28.8 Å². The highest BCUT2D eigenvalue weighted by Gasteiger charge is 2.72. The SMILES string of the molecule is CC=CC=CC(=O)C1C(=O)C(C)C(=O)C2(C)OC(=O)C(C)(NC(=O)C=CC(=O)O)C12. The Morgan fingerprint density at radius 2 is 1.70 bits per heavy atom. The highest BCUT2D eigenvalue weighted by atomic mass is 16.6. The summed E-state index contributed by atoms with van der Waals surface area (Å²) in [6, 6.07) is 0. The molecule has 2 fully saturated rings. The van der Waals surface area contributed by atoms with E-state index in [1.165, 1.54) is 32.9 Å². The molecule has 0 aromatic rings. The molecule has 160 valence electrons. The van der Waals surface area contributed by atoms with E-state index in [1.54, 1.807) is 19.1 Å². The van der Waals surface area contributed by atoms with Gasteiger partial charge in [-0.25, -0.2) is 9.59 Å². The summed E-state index contributed by atoms with van der Waals surface area (Å²) < 4.78 is 5.35. The number of rotatable bonds is 6. The Kier molecular flexibility index (Phi) is 6.25. The summed E-state index contributed by atoms with van der Waals surface area (Å²) in [4.78, 5) is 74.3. The standard InChI is InChI=1S/C21H23NO8/c1-5-6-7-8-12(23)15-16(27)11(2)18(28)21(4)17(15)20(3,19(29)30-21)22-13(24)9-10-14(25)26/h5-11,15,17H,1-4H3,(H,22,24)(H,25,26). The summed E-state index contributed by atoms with van der Waals surface area (Å²) in [5, 5.41) is 11.0. The molecule has 9 heteroatoms. The Labute approximate surface area is 172 Å². The minimum absolute atomic E-state index is 0.569. The van der Waals surface area contributed by atoms with Gasteiger partial charge in [0.15, 0.2) is 23.0 Å². The number of hydrogen-bond acceptors (Lipinski definition) is 7. The molecule has 0 spiro atoms. The van der Waals surface area contributed by atoms with E-state index in [0.717, 1.165) is 0 Å². The van der Waals surface area contributed by atoms with Crippen molar-refractivity contribution >= 4 is 35.2 Å². The minimum atomic E-state index is -1.91. The Hall–Kier alpha value is -3.36. The Bertz CT molecular complexity index is 914. The van der Waals surface area contributed by atoms with Gasteiger partial charge < -0.3 is 15.2 Å². The van der Waals surface area contributed by atoms with E-state index in [1.807, 2.05) is 0 Å². The number of carboxylic acid groups (broad SMARTS) is 1. The van der Waals surface area contributed by atoms with Gasteiger partial charge in [-0.2, -0.15) is 0 Å². The van der Waals surface area contributed by atoms with Gasteiger partial charge in [-0.3, -0.25) is 19.2 Å². The maximum Gasteiger partial charge on any atom is 0.333 e. The van der Waals surface area contributed by atoms with Crippen LogP contribution in [-0.2, 0) is 33.5 Å². The van der Waals surface area contributed by atoms with Gasteiger partial charge in [0.1, 0.15) is 5.54 Å². The number of carbonyl (C=O) groups is 6. The zero-order valence-electron chi connectivity index (χ0n) is 17.0. The van der Waals surface area contributed by atoms with Crippen LogP contribution in [0.4, 0.5) is 0 Å². The molecular formula is C21H23NO8. The monoisotopic (exact) mass is 417 g/mol. The molecule has 1 aliphatic carbocycles. The van der Waals surface area contributed by atoms with Crippen molar-refractivity contribution in [3.8, 4) is 0 Å². The summed E-state index contributed by atoms with van der Waals surface area (Å²) in [5.74, 6) is -9.17. The molecule has 0 bridgehead atoms. The molecule has 1 amide bonds. The number of nitrogens with one attached hydrogen (secondary N) is 1. The number of amides is 1. The number of allylic oxidation sites excluding steroid dienone is 4. The highest BCUT2D eigenvalue weighted by Crippen LogP contribution is 2.50. The number of fused-ring (bicyclic) bond motifs is 1. The van der Waals surface area contributed by atoms with Crippen LogP contribution in [0.25, 0.3) is 0 Å². The third-order valence-corrected chi connectivity index (χ3v) is 5.52. The first kappa shape index (κ1) is 22.9.